The van der Waals surface area contributed by atoms with E-state index >= 15 is 0 Å². The van der Waals surface area contributed by atoms with Gasteiger partial charge in [-0.3, -0.25) is 4.79 Å². The summed E-state index contributed by atoms with van der Waals surface area (Å²) in [5, 5.41) is 4.36. The summed E-state index contributed by atoms with van der Waals surface area (Å²) in [5.41, 5.74) is 3.00. The van der Waals surface area contributed by atoms with Crippen molar-refractivity contribution in [3.63, 3.8) is 0 Å². The molecule has 0 amide bonds. The van der Waals surface area contributed by atoms with E-state index in [0.29, 0.717) is 23.1 Å². The van der Waals surface area contributed by atoms with E-state index in [1.807, 2.05) is 31.2 Å². The Bertz CT molecular complexity index is 791. The van der Waals surface area contributed by atoms with Crippen molar-refractivity contribution in [1.82, 2.24) is 9.78 Å². The Morgan fingerprint density at radius 2 is 1.81 bits per heavy atom. The molecule has 4 heteroatoms. The molecular formula is C17H13FN2O. The highest BCUT2D eigenvalue weighted by Crippen LogP contribution is 2.25. The Morgan fingerprint density at radius 3 is 2.48 bits per heavy atom. The monoisotopic (exact) mass is 280 g/mol. The predicted molar refractivity (Wildman–Crippen MR) is 79.1 cm³/mol. The van der Waals surface area contributed by atoms with Gasteiger partial charge >= 0.3 is 0 Å². The smallest absolute Gasteiger partial charge is 0.153 e. The minimum atomic E-state index is -0.394. The topological polar surface area (TPSA) is 34.9 Å². The van der Waals surface area contributed by atoms with E-state index in [9.17, 15) is 9.18 Å². The highest BCUT2D eigenvalue weighted by molar-refractivity contribution is 5.85. The van der Waals surface area contributed by atoms with Gasteiger partial charge in [0.25, 0.3) is 0 Å². The Kier molecular flexibility index (Phi) is 3.36. The second kappa shape index (κ2) is 5.32. The van der Waals surface area contributed by atoms with Crippen LogP contribution < -0.4 is 0 Å². The lowest BCUT2D eigenvalue weighted by atomic mass is 10.1. The molecule has 104 valence electrons. The number of nitrogens with zero attached hydrogens (tertiary/aromatic N) is 2. The maximum Gasteiger partial charge on any atom is 0.153 e. The predicted octanol–water partition coefficient (Wildman–Crippen LogP) is 3.80. The van der Waals surface area contributed by atoms with Crippen LogP contribution in [0, 0.1) is 12.7 Å². The van der Waals surface area contributed by atoms with Crippen LogP contribution >= 0.6 is 0 Å². The first-order chi connectivity index (χ1) is 10.2. The zero-order valence-electron chi connectivity index (χ0n) is 11.5. The molecule has 0 spiro atoms. The van der Waals surface area contributed by atoms with Gasteiger partial charge in [0.2, 0.25) is 0 Å². The molecule has 0 radical (unpaired) electrons. The van der Waals surface area contributed by atoms with Crippen molar-refractivity contribution < 1.29 is 9.18 Å². The van der Waals surface area contributed by atoms with Gasteiger partial charge in [-0.2, -0.15) is 5.10 Å². The fraction of sp³-hybridized carbons (Fsp3) is 0.0588. The first kappa shape index (κ1) is 13.2. The summed E-state index contributed by atoms with van der Waals surface area (Å²) in [4.78, 5) is 11.2. The Morgan fingerprint density at radius 1 is 1.10 bits per heavy atom. The molecule has 0 saturated heterocycles. The SMILES string of the molecule is Cc1ccc(-n2cc(C=O)c(-c3ccccc3F)n2)cc1. The van der Waals surface area contributed by atoms with Crippen LogP contribution in [0.2, 0.25) is 0 Å². The quantitative estimate of drug-likeness (QED) is 0.684. The summed E-state index contributed by atoms with van der Waals surface area (Å²) >= 11 is 0. The second-order valence-corrected chi connectivity index (χ2v) is 4.81. The summed E-state index contributed by atoms with van der Waals surface area (Å²) in [7, 11) is 0. The first-order valence-electron chi connectivity index (χ1n) is 6.56. The van der Waals surface area contributed by atoms with Crippen LogP contribution in [0.5, 0.6) is 0 Å². The summed E-state index contributed by atoms with van der Waals surface area (Å²) in [6.45, 7) is 1.99. The van der Waals surface area contributed by atoms with Gasteiger partial charge in [0.05, 0.1) is 11.3 Å². The number of carbonyl (C=O) groups is 1. The van der Waals surface area contributed by atoms with E-state index in [1.54, 1.807) is 29.1 Å². The molecule has 3 aromatic rings. The zero-order valence-corrected chi connectivity index (χ0v) is 11.5. The lowest BCUT2D eigenvalue weighted by Crippen LogP contribution is -1.95. The van der Waals surface area contributed by atoms with Crippen molar-refractivity contribution in [3.05, 3.63) is 71.7 Å². The lowest BCUT2D eigenvalue weighted by molar-refractivity contribution is 0.112. The van der Waals surface area contributed by atoms with E-state index in [4.69, 9.17) is 0 Å². The van der Waals surface area contributed by atoms with Gasteiger partial charge in [-0.1, -0.05) is 29.8 Å². The van der Waals surface area contributed by atoms with Gasteiger partial charge in [0, 0.05) is 11.8 Å². The van der Waals surface area contributed by atoms with E-state index in [-0.39, 0.29) is 0 Å². The maximum absolute atomic E-state index is 13.9. The molecule has 1 aromatic heterocycles. The number of aromatic nitrogens is 2. The molecule has 0 aliphatic rings. The van der Waals surface area contributed by atoms with Crippen molar-refractivity contribution >= 4 is 6.29 Å². The van der Waals surface area contributed by atoms with Crippen molar-refractivity contribution in [2.45, 2.75) is 6.92 Å². The molecular weight excluding hydrogens is 267 g/mol. The number of hydrogen-bond donors (Lipinski definition) is 0. The van der Waals surface area contributed by atoms with Crippen LogP contribution in [0.25, 0.3) is 16.9 Å². The van der Waals surface area contributed by atoms with Crippen LogP contribution in [0.4, 0.5) is 4.39 Å². The van der Waals surface area contributed by atoms with Gasteiger partial charge in [0.15, 0.2) is 6.29 Å². The molecule has 2 aromatic carbocycles. The number of rotatable bonds is 3. The molecule has 0 atom stereocenters. The van der Waals surface area contributed by atoms with Crippen LogP contribution in [0.15, 0.2) is 54.7 Å². The summed E-state index contributed by atoms with van der Waals surface area (Å²) in [5.74, 6) is -0.394. The van der Waals surface area contributed by atoms with Gasteiger partial charge in [-0.15, -0.1) is 0 Å². The second-order valence-electron chi connectivity index (χ2n) is 4.81. The molecule has 1 heterocycles. The maximum atomic E-state index is 13.9. The fourth-order valence-electron chi connectivity index (χ4n) is 2.17. The highest BCUT2D eigenvalue weighted by Gasteiger charge is 2.14. The molecule has 0 aliphatic heterocycles. The number of carbonyl (C=O) groups excluding carboxylic acids is 1. The zero-order chi connectivity index (χ0) is 14.8. The van der Waals surface area contributed by atoms with Crippen LogP contribution in [0.1, 0.15) is 15.9 Å². The largest absolute Gasteiger partial charge is 0.298 e. The molecule has 0 N–H and O–H groups in total. The van der Waals surface area contributed by atoms with Crippen molar-refractivity contribution in [3.8, 4) is 16.9 Å². The number of aryl methyl sites for hydroxylation is 1. The van der Waals surface area contributed by atoms with Gasteiger partial charge < -0.3 is 0 Å². The average Bonchev–Trinajstić information content (AvgIpc) is 2.92. The van der Waals surface area contributed by atoms with E-state index in [2.05, 4.69) is 5.10 Å². The third-order valence-corrected chi connectivity index (χ3v) is 3.30. The Hall–Kier alpha value is -2.75. The molecule has 3 nitrogen and oxygen atoms in total. The molecule has 0 saturated carbocycles. The van der Waals surface area contributed by atoms with Crippen LogP contribution in [-0.4, -0.2) is 16.1 Å². The fourth-order valence-corrected chi connectivity index (χ4v) is 2.17. The molecule has 21 heavy (non-hydrogen) atoms. The van der Waals surface area contributed by atoms with E-state index in [1.165, 1.54) is 6.07 Å². The van der Waals surface area contributed by atoms with E-state index < -0.39 is 5.82 Å². The van der Waals surface area contributed by atoms with Gasteiger partial charge in [-0.25, -0.2) is 9.07 Å². The number of benzene rings is 2. The minimum Gasteiger partial charge on any atom is -0.298 e. The Labute approximate surface area is 121 Å². The molecule has 0 unspecified atom stereocenters. The van der Waals surface area contributed by atoms with E-state index in [0.717, 1.165) is 11.3 Å². The summed E-state index contributed by atoms with van der Waals surface area (Å²) < 4.78 is 15.5. The third kappa shape index (κ3) is 2.48. The van der Waals surface area contributed by atoms with Gasteiger partial charge in [0.1, 0.15) is 11.5 Å². The molecule has 0 fully saturated rings. The Balaban J connectivity index is 2.13. The summed E-state index contributed by atoms with van der Waals surface area (Å²) in [6, 6.07) is 14.0. The highest BCUT2D eigenvalue weighted by atomic mass is 19.1. The number of hydrogen-bond acceptors (Lipinski definition) is 2. The normalized spacial score (nSPS) is 10.6. The number of aldehydes is 1. The van der Waals surface area contributed by atoms with Crippen LogP contribution in [-0.2, 0) is 0 Å². The van der Waals surface area contributed by atoms with Crippen molar-refractivity contribution in [1.29, 1.82) is 0 Å². The first-order valence-corrected chi connectivity index (χ1v) is 6.56. The van der Waals surface area contributed by atoms with Gasteiger partial charge in [-0.05, 0) is 31.2 Å². The number of halogens is 1. The van der Waals surface area contributed by atoms with Crippen LogP contribution in [0.3, 0.4) is 0 Å². The summed E-state index contributed by atoms with van der Waals surface area (Å²) in [6.07, 6.45) is 2.30. The minimum absolute atomic E-state index is 0.325. The average molecular weight is 280 g/mol. The third-order valence-electron chi connectivity index (χ3n) is 3.30. The van der Waals surface area contributed by atoms with Crippen molar-refractivity contribution in [2.75, 3.05) is 0 Å². The molecule has 0 bridgehead atoms. The molecule has 3 rings (SSSR count). The van der Waals surface area contributed by atoms with Crippen molar-refractivity contribution in [2.24, 2.45) is 0 Å². The molecule has 0 aliphatic carbocycles. The lowest BCUT2D eigenvalue weighted by Gasteiger charge is -2.02. The standard InChI is InChI=1S/C17H13FN2O/c1-12-6-8-14(9-7-12)20-10-13(11-21)17(19-20)15-4-2-3-5-16(15)18/h2-11H,1H3.